The monoisotopic (exact) mass is 470 g/mol. The number of aryl methyl sites for hydroxylation is 1. The number of nitrogens with zero attached hydrogens (tertiary/aromatic N) is 2. The summed E-state index contributed by atoms with van der Waals surface area (Å²) in [7, 11) is -3.10. The lowest BCUT2D eigenvalue weighted by atomic mass is 10.1. The molecule has 1 atom stereocenters. The summed E-state index contributed by atoms with van der Waals surface area (Å²) in [5.74, 6) is 0.265. The summed E-state index contributed by atoms with van der Waals surface area (Å²) in [4.78, 5) is 19.5. The Morgan fingerprint density at radius 2 is 1.90 bits per heavy atom. The van der Waals surface area contributed by atoms with Gasteiger partial charge in [0.1, 0.15) is 5.52 Å². The molecule has 1 aliphatic heterocycles. The van der Waals surface area contributed by atoms with Gasteiger partial charge < -0.3 is 9.64 Å². The Morgan fingerprint density at radius 1 is 1.17 bits per heavy atom. The van der Waals surface area contributed by atoms with Crippen LogP contribution in [-0.4, -0.2) is 54.4 Å². The molecule has 0 N–H and O–H groups in total. The number of hydrogen-bond donors (Lipinski definition) is 0. The number of aromatic nitrogens is 1. The maximum absolute atomic E-state index is 13.2. The zero-order chi connectivity index (χ0) is 21.5. The van der Waals surface area contributed by atoms with Crippen LogP contribution in [0.3, 0.4) is 0 Å². The van der Waals surface area contributed by atoms with E-state index in [-0.39, 0.29) is 41.1 Å². The number of pyridine rings is 1. The van der Waals surface area contributed by atoms with Crippen molar-refractivity contribution in [1.82, 2.24) is 9.88 Å². The Hall–Kier alpha value is -1.57. The number of amides is 1. The Labute approximate surface area is 186 Å². The van der Waals surface area contributed by atoms with E-state index in [9.17, 15) is 13.2 Å². The number of carbonyl (C=O) groups excluding carboxylic acids is 1. The van der Waals surface area contributed by atoms with Gasteiger partial charge in [-0.25, -0.2) is 13.4 Å². The first-order valence-corrected chi connectivity index (χ1v) is 12.7. The number of fused-ring (bicyclic) bond motifs is 1. The molecule has 0 unspecified atom stereocenters. The van der Waals surface area contributed by atoms with Crippen molar-refractivity contribution in [3.8, 4) is 5.75 Å². The highest BCUT2D eigenvalue weighted by Gasteiger charge is 2.39. The minimum Gasteiger partial charge on any atom is -0.480 e. The summed E-state index contributed by atoms with van der Waals surface area (Å²) in [6.07, 6.45) is 4.37. The predicted molar refractivity (Wildman–Crippen MR) is 118 cm³/mol. The smallest absolute Gasteiger partial charge is 0.261 e. The van der Waals surface area contributed by atoms with Crippen molar-refractivity contribution in [2.75, 3.05) is 18.1 Å². The molecule has 2 aliphatic rings. The van der Waals surface area contributed by atoms with Crippen LogP contribution in [0.25, 0.3) is 10.9 Å². The number of sulfone groups is 1. The number of carbonyl (C=O) groups is 1. The zero-order valence-corrected chi connectivity index (χ0v) is 19.1. The topological polar surface area (TPSA) is 76.6 Å². The van der Waals surface area contributed by atoms with E-state index in [1.807, 2.05) is 19.1 Å². The quantitative estimate of drug-likeness (QED) is 0.654. The van der Waals surface area contributed by atoms with Crippen LogP contribution in [0.1, 0.15) is 37.8 Å². The molecule has 2 heterocycles. The van der Waals surface area contributed by atoms with Crippen molar-refractivity contribution < 1.29 is 17.9 Å². The molecule has 0 bridgehead atoms. The third-order valence-electron chi connectivity index (χ3n) is 5.93. The van der Waals surface area contributed by atoms with Crippen molar-refractivity contribution in [2.45, 2.75) is 51.1 Å². The van der Waals surface area contributed by atoms with Crippen LogP contribution in [0.2, 0.25) is 10.0 Å². The first kappa shape index (κ1) is 21.7. The van der Waals surface area contributed by atoms with Gasteiger partial charge in [0.2, 0.25) is 0 Å². The molecular weight excluding hydrogens is 447 g/mol. The Balaban J connectivity index is 1.59. The van der Waals surface area contributed by atoms with Gasteiger partial charge in [0.25, 0.3) is 5.91 Å². The van der Waals surface area contributed by atoms with Crippen molar-refractivity contribution in [2.24, 2.45) is 0 Å². The van der Waals surface area contributed by atoms with Crippen LogP contribution < -0.4 is 4.74 Å². The van der Waals surface area contributed by atoms with Gasteiger partial charge in [-0.1, -0.05) is 36.0 Å². The van der Waals surface area contributed by atoms with Crippen molar-refractivity contribution in [3.63, 3.8) is 0 Å². The summed E-state index contributed by atoms with van der Waals surface area (Å²) in [5, 5.41) is 1.45. The van der Waals surface area contributed by atoms with Crippen LogP contribution in [0.4, 0.5) is 0 Å². The molecule has 1 aromatic carbocycles. The molecule has 1 saturated carbocycles. The molecule has 1 aromatic heterocycles. The number of rotatable bonds is 5. The first-order valence-electron chi connectivity index (χ1n) is 10.1. The molecule has 2 aromatic rings. The fraction of sp³-hybridized carbons (Fsp3) is 0.524. The normalized spacial score (nSPS) is 21.2. The minimum atomic E-state index is -3.10. The molecule has 9 heteroatoms. The van der Waals surface area contributed by atoms with Gasteiger partial charge in [-0.2, -0.15) is 0 Å². The predicted octanol–water partition coefficient (Wildman–Crippen LogP) is 4.19. The average Bonchev–Trinajstić information content (AvgIpc) is 3.31. The maximum atomic E-state index is 13.2. The molecule has 2 fully saturated rings. The molecule has 6 nitrogen and oxygen atoms in total. The summed E-state index contributed by atoms with van der Waals surface area (Å²) < 4.78 is 29.9. The molecule has 30 heavy (non-hydrogen) atoms. The minimum absolute atomic E-state index is 0.0284. The summed E-state index contributed by atoms with van der Waals surface area (Å²) in [6, 6.07) is 5.06. The van der Waals surface area contributed by atoms with E-state index in [4.69, 9.17) is 27.9 Å². The zero-order valence-electron chi connectivity index (χ0n) is 16.7. The van der Waals surface area contributed by atoms with Gasteiger partial charge in [-0.3, -0.25) is 4.79 Å². The molecule has 1 saturated heterocycles. The maximum Gasteiger partial charge on any atom is 0.261 e. The van der Waals surface area contributed by atoms with Crippen LogP contribution >= 0.6 is 23.2 Å². The molecule has 1 aliphatic carbocycles. The SMILES string of the molecule is Cc1ccc2c(Cl)cc(Cl)c(OCC(=O)N(C3CCCC3)[C@@H]3CCS(=O)(=O)C3)c2n1. The number of ether oxygens (including phenoxy) is 1. The third-order valence-corrected chi connectivity index (χ3v) is 8.27. The highest BCUT2D eigenvalue weighted by Crippen LogP contribution is 2.37. The second kappa shape index (κ2) is 8.52. The van der Waals surface area contributed by atoms with Crippen LogP contribution in [0.5, 0.6) is 5.75 Å². The Bertz CT molecular complexity index is 1080. The van der Waals surface area contributed by atoms with Gasteiger partial charge in [0.05, 0.1) is 21.6 Å². The van der Waals surface area contributed by atoms with Crippen LogP contribution in [0, 0.1) is 6.92 Å². The van der Waals surface area contributed by atoms with Crippen molar-refractivity contribution in [3.05, 3.63) is 33.9 Å². The number of hydrogen-bond acceptors (Lipinski definition) is 5. The summed E-state index contributed by atoms with van der Waals surface area (Å²) in [5.41, 5.74) is 1.29. The van der Waals surface area contributed by atoms with Crippen LogP contribution in [-0.2, 0) is 14.6 Å². The fourth-order valence-corrected chi connectivity index (χ4v) is 6.80. The van der Waals surface area contributed by atoms with Crippen molar-refractivity contribution >= 4 is 49.8 Å². The van der Waals surface area contributed by atoms with Gasteiger partial charge in [0, 0.05) is 23.2 Å². The average molecular weight is 471 g/mol. The van der Waals surface area contributed by atoms with Gasteiger partial charge >= 0.3 is 0 Å². The third kappa shape index (κ3) is 4.39. The number of benzene rings is 1. The van der Waals surface area contributed by atoms with Crippen LogP contribution in [0.15, 0.2) is 18.2 Å². The molecule has 1 amide bonds. The largest absolute Gasteiger partial charge is 0.480 e. The lowest BCUT2D eigenvalue weighted by Crippen LogP contribution is -2.48. The van der Waals surface area contributed by atoms with Gasteiger partial charge in [-0.15, -0.1) is 0 Å². The Morgan fingerprint density at radius 3 is 2.57 bits per heavy atom. The van der Waals surface area contributed by atoms with E-state index in [0.717, 1.165) is 31.4 Å². The fourth-order valence-electron chi connectivity index (χ4n) is 4.52. The lowest BCUT2D eigenvalue weighted by Gasteiger charge is -2.34. The second-order valence-corrected chi connectivity index (χ2v) is 11.1. The van der Waals surface area contributed by atoms with Gasteiger partial charge in [0.15, 0.2) is 22.2 Å². The molecule has 0 spiro atoms. The summed E-state index contributed by atoms with van der Waals surface area (Å²) >= 11 is 12.6. The van der Waals surface area contributed by atoms with E-state index in [2.05, 4.69) is 4.98 Å². The molecule has 0 radical (unpaired) electrons. The molecule has 4 rings (SSSR count). The molecular formula is C21H24Cl2N2O4S. The summed E-state index contributed by atoms with van der Waals surface area (Å²) in [6.45, 7) is 1.63. The second-order valence-electron chi connectivity index (χ2n) is 8.10. The molecule has 162 valence electrons. The standard InChI is InChI=1S/C21H24Cl2N2O4S/c1-13-6-7-16-17(22)10-18(23)21(20(16)24-13)29-11-19(26)25(14-4-2-3-5-14)15-8-9-30(27,28)12-15/h6-7,10,14-15H,2-5,8-9,11-12H2,1H3/t15-/m1/s1. The highest BCUT2D eigenvalue weighted by atomic mass is 35.5. The number of halogens is 2. The lowest BCUT2D eigenvalue weighted by molar-refractivity contribution is -0.137. The van der Waals surface area contributed by atoms with E-state index in [1.165, 1.54) is 0 Å². The van der Waals surface area contributed by atoms with E-state index < -0.39 is 9.84 Å². The Kier molecular flexibility index (Phi) is 6.15. The first-order chi connectivity index (χ1) is 14.2. The van der Waals surface area contributed by atoms with Gasteiger partial charge in [-0.05, 0) is 44.4 Å². The van der Waals surface area contributed by atoms with E-state index in [1.54, 1.807) is 11.0 Å². The van der Waals surface area contributed by atoms with E-state index in [0.29, 0.717) is 28.1 Å². The van der Waals surface area contributed by atoms with E-state index >= 15 is 0 Å². The van der Waals surface area contributed by atoms with Crippen molar-refractivity contribution in [1.29, 1.82) is 0 Å². The highest BCUT2D eigenvalue weighted by molar-refractivity contribution is 7.91.